The second-order valence-corrected chi connectivity index (χ2v) is 3.69. The van der Waals surface area contributed by atoms with Crippen molar-refractivity contribution in [3.05, 3.63) is 41.7 Å². The number of ether oxygens (including phenoxy) is 1. The summed E-state index contributed by atoms with van der Waals surface area (Å²) < 4.78 is 6.06. The Labute approximate surface area is 104 Å². The van der Waals surface area contributed by atoms with Gasteiger partial charge in [-0.15, -0.1) is 0 Å². The van der Waals surface area contributed by atoms with Crippen molar-refractivity contribution in [2.24, 2.45) is 0 Å². The zero-order valence-electron chi connectivity index (χ0n) is 9.83. The molecule has 0 radical (unpaired) electrons. The van der Waals surface area contributed by atoms with E-state index < -0.39 is 5.97 Å². The van der Waals surface area contributed by atoms with Crippen LogP contribution in [0.25, 0.3) is 5.69 Å². The van der Waals surface area contributed by atoms with Gasteiger partial charge in [-0.05, 0) is 17.7 Å². The van der Waals surface area contributed by atoms with Crippen molar-refractivity contribution in [1.29, 1.82) is 0 Å². The van der Waals surface area contributed by atoms with Gasteiger partial charge >= 0.3 is 5.97 Å². The van der Waals surface area contributed by atoms with Crippen LogP contribution in [0.15, 0.2) is 30.5 Å². The van der Waals surface area contributed by atoms with E-state index in [-0.39, 0.29) is 18.0 Å². The summed E-state index contributed by atoms with van der Waals surface area (Å²) in [7, 11) is 1.27. The number of aliphatic hydroxyl groups is 1. The van der Waals surface area contributed by atoms with Crippen LogP contribution in [0.4, 0.5) is 5.69 Å². The van der Waals surface area contributed by atoms with E-state index in [0.717, 1.165) is 11.3 Å². The quantitative estimate of drug-likeness (QED) is 0.780. The Kier molecular flexibility index (Phi) is 3.29. The van der Waals surface area contributed by atoms with Crippen molar-refractivity contribution in [3.63, 3.8) is 0 Å². The van der Waals surface area contributed by atoms with Gasteiger partial charge in [-0.1, -0.05) is 12.1 Å². The second kappa shape index (κ2) is 4.89. The number of hydrogen-bond acceptors (Lipinski definition) is 5. The summed E-state index contributed by atoms with van der Waals surface area (Å²) in [6, 6.07) is 7.09. The van der Waals surface area contributed by atoms with Gasteiger partial charge < -0.3 is 15.6 Å². The predicted molar refractivity (Wildman–Crippen MR) is 65.2 cm³/mol. The molecule has 1 heterocycles. The lowest BCUT2D eigenvalue weighted by atomic mass is 10.2. The number of nitrogens with two attached hydrogens (primary N) is 1. The van der Waals surface area contributed by atoms with Gasteiger partial charge in [-0.2, -0.15) is 5.10 Å². The van der Waals surface area contributed by atoms with Crippen molar-refractivity contribution in [1.82, 2.24) is 9.78 Å². The molecule has 0 aliphatic rings. The first kappa shape index (κ1) is 12.1. The van der Waals surface area contributed by atoms with Crippen LogP contribution >= 0.6 is 0 Å². The van der Waals surface area contributed by atoms with Crippen molar-refractivity contribution < 1.29 is 14.6 Å². The summed E-state index contributed by atoms with van der Waals surface area (Å²) >= 11 is 0. The standard InChI is InChI=1S/C12H13N3O3/c1-18-12(17)11-10(13)6-15(14-11)9-4-2-8(7-16)3-5-9/h2-6,16H,7,13H2,1H3. The molecule has 2 aromatic rings. The van der Waals surface area contributed by atoms with Crippen LogP contribution in [0.3, 0.4) is 0 Å². The first-order valence-corrected chi connectivity index (χ1v) is 5.29. The number of aromatic nitrogens is 2. The first-order valence-electron chi connectivity index (χ1n) is 5.29. The maximum Gasteiger partial charge on any atom is 0.360 e. The molecule has 0 unspecified atom stereocenters. The van der Waals surface area contributed by atoms with E-state index in [1.165, 1.54) is 11.8 Å². The molecule has 1 aromatic heterocycles. The SMILES string of the molecule is COC(=O)c1nn(-c2ccc(CO)cc2)cc1N. The fourth-order valence-corrected chi connectivity index (χ4v) is 1.53. The van der Waals surface area contributed by atoms with Crippen molar-refractivity contribution in [3.8, 4) is 5.69 Å². The van der Waals surface area contributed by atoms with Gasteiger partial charge in [0, 0.05) is 0 Å². The topological polar surface area (TPSA) is 90.4 Å². The van der Waals surface area contributed by atoms with E-state index >= 15 is 0 Å². The molecule has 1 aromatic carbocycles. The summed E-state index contributed by atoms with van der Waals surface area (Å²) in [5.74, 6) is -0.571. The Bertz CT molecular complexity index is 560. The molecule has 94 valence electrons. The molecule has 0 atom stereocenters. The highest BCUT2D eigenvalue weighted by molar-refractivity contribution is 5.92. The van der Waals surface area contributed by atoms with Gasteiger partial charge in [-0.25, -0.2) is 9.48 Å². The fraction of sp³-hybridized carbons (Fsp3) is 0.167. The van der Waals surface area contributed by atoms with Gasteiger partial charge in [0.1, 0.15) is 0 Å². The monoisotopic (exact) mass is 247 g/mol. The van der Waals surface area contributed by atoms with E-state index in [4.69, 9.17) is 10.8 Å². The number of aliphatic hydroxyl groups excluding tert-OH is 1. The summed E-state index contributed by atoms with van der Waals surface area (Å²) in [6.45, 7) is -0.0189. The van der Waals surface area contributed by atoms with Gasteiger partial charge in [0.25, 0.3) is 0 Å². The van der Waals surface area contributed by atoms with Crippen LogP contribution in [0.2, 0.25) is 0 Å². The van der Waals surface area contributed by atoms with Crippen LogP contribution < -0.4 is 5.73 Å². The highest BCUT2D eigenvalue weighted by Crippen LogP contribution is 2.15. The largest absolute Gasteiger partial charge is 0.464 e. The Hall–Kier alpha value is -2.34. The number of hydrogen-bond donors (Lipinski definition) is 2. The Morgan fingerprint density at radius 3 is 2.67 bits per heavy atom. The maximum absolute atomic E-state index is 11.4. The minimum absolute atomic E-state index is 0.0189. The number of carbonyl (C=O) groups excluding carboxylic acids is 1. The Balaban J connectivity index is 2.36. The Morgan fingerprint density at radius 1 is 1.44 bits per heavy atom. The number of nitrogens with zero attached hydrogens (tertiary/aromatic N) is 2. The third-order valence-corrected chi connectivity index (χ3v) is 2.50. The first-order chi connectivity index (χ1) is 8.65. The van der Waals surface area contributed by atoms with Crippen LogP contribution in [0.1, 0.15) is 16.1 Å². The number of carbonyl (C=O) groups is 1. The average Bonchev–Trinajstić information content (AvgIpc) is 2.80. The molecule has 0 bridgehead atoms. The van der Waals surface area contributed by atoms with Crippen LogP contribution in [-0.2, 0) is 11.3 Å². The highest BCUT2D eigenvalue weighted by atomic mass is 16.5. The van der Waals surface area contributed by atoms with Crippen molar-refractivity contribution in [2.45, 2.75) is 6.61 Å². The second-order valence-electron chi connectivity index (χ2n) is 3.69. The van der Waals surface area contributed by atoms with E-state index in [0.29, 0.717) is 0 Å². The number of esters is 1. The molecule has 0 aliphatic carbocycles. The third kappa shape index (κ3) is 2.18. The molecular weight excluding hydrogens is 234 g/mol. The van der Waals surface area contributed by atoms with Gasteiger partial charge in [0.2, 0.25) is 0 Å². The molecule has 0 saturated heterocycles. The smallest absolute Gasteiger partial charge is 0.360 e. The minimum Gasteiger partial charge on any atom is -0.464 e. The van der Waals surface area contributed by atoms with Gasteiger partial charge in [-0.3, -0.25) is 0 Å². The number of nitrogen functional groups attached to an aromatic ring is 1. The molecule has 0 amide bonds. The summed E-state index contributed by atoms with van der Waals surface area (Å²) in [4.78, 5) is 11.4. The highest BCUT2D eigenvalue weighted by Gasteiger charge is 2.15. The average molecular weight is 247 g/mol. The predicted octanol–water partition coefficient (Wildman–Crippen LogP) is 0.733. The molecule has 6 heteroatoms. The van der Waals surface area contributed by atoms with E-state index in [1.807, 2.05) is 0 Å². The zero-order chi connectivity index (χ0) is 13.1. The lowest BCUT2D eigenvalue weighted by Gasteiger charge is -2.01. The lowest BCUT2D eigenvalue weighted by Crippen LogP contribution is -2.06. The third-order valence-electron chi connectivity index (χ3n) is 2.50. The molecule has 0 saturated carbocycles. The minimum atomic E-state index is -0.571. The van der Waals surface area contributed by atoms with Gasteiger partial charge in [0.15, 0.2) is 5.69 Å². The zero-order valence-corrected chi connectivity index (χ0v) is 9.83. The van der Waals surface area contributed by atoms with Crippen LogP contribution in [0, 0.1) is 0 Å². The lowest BCUT2D eigenvalue weighted by molar-refractivity contribution is 0.0594. The van der Waals surface area contributed by atoms with Gasteiger partial charge in [0.05, 0.1) is 31.3 Å². The molecule has 0 fully saturated rings. The number of methoxy groups -OCH3 is 1. The van der Waals surface area contributed by atoms with Crippen molar-refractivity contribution in [2.75, 3.05) is 12.8 Å². The molecular formula is C12H13N3O3. The molecule has 18 heavy (non-hydrogen) atoms. The fourth-order valence-electron chi connectivity index (χ4n) is 1.53. The number of rotatable bonds is 3. The van der Waals surface area contributed by atoms with Crippen LogP contribution in [0.5, 0.6) is 0 Å². The normalized spacial score (nSPS) is 10.3. The molecule has 0 aliphatic heterocycles. The molecule has 3 N–H and O–H groups in total. The van der Waals surface area contributed by atoms with E-state index in [9.17, 15) is 4.79 Å². The molecule has 6 nitrogen and oxygen atoms in total. The number of anilines is 1. The summed E-state index contributed by atoms with van der Waals surface area (Å²) in [6.07, 6.45) is 1.54. The summed E-state index contributed by atoms with van der Waals surface area (Å²) in [5.41, 5.74) is 7.57. The Morgan fingerprint density at radius 2 is 2.11 bits per heavy atom. The van der Waals surface area contributed by atoms with Crippen molar-refractivity contribution >= 4 is 11.7 Å². The maximum atomic E-state index is 11.4. The summed E-state index contributed by atoms with van der Waals surface area (Å²) in [5, 5.41) is 13.0. The number of benzene rings is 1. The van der Waals surface area contributed by atoms with E-state index in [1.54, 1.807) is 30.5 Å². The van der Waals surface area contributed by atoms with E-state index in [2.05, 4.69) is 9.84 Å². The molecule has 0 spiro atoms. The molecule has 2 rings (SSSR count). The van der Waals surface area contributed by atoms with Crippen LogP contribution in [-0.4, -0.2) is 28.0 Å².